The van der Waals surface area contributed by atoms with Crippen LogP contribution in [0.3, 0.4) is 0 Å². The summed E-state index contributed by atoms with van der Waals surface area (Å²) in [5, 5.41) is 0.229. The number of hydrogen-bond acceptors (Lipinski definition) is 3. The lowest BCUT2D eigenvalue weighted by Crippen LogP contribution is -2.45. The van der Waals surface area contributed by atoms with Crippen LogP contribution in [-0.4, -0.2) is 26.0 Å². The minimum Gasteiger partial charge on any atom is -0.210 e. The Morgan fingerprint density at radius 3 is 2.30 bits per heavy atom. The molecule has 1 aliphatic rings. The molecule has 20 heavy (non-hydrogen) atoms. The van der Waals surface area contributed by atoms with E-state index in [4.69, 9.17) is 23.2 Å². The molecule has 0 amide bonds. The Kier molecular flexibility index (Phi) is 5.36. The van der Waals surface area contributed by atoms with E-state index in [-0.39, 0.29) is 19.7 Å². The Hall–Kier alpha value is 0.540. The van der Waals surface area contributed by atoms with Gasteiger partial charge in [0, 0.05) is 15.8 Å². The molecule has 0 aliphatic heterocycles. The SMILES string of the molecule is CSC1(CNS(=O)(=O)c2c(Cl)cc(Br)cc2Cl)CCC1. The van der Waals surface area contributed by atoms with E-state index in [0.717, 1.165) is 19.3 Å². The lowest BCUT2D eigenvalue weighted by molar-refractivity contribution is 0.362. The second-order valence-corrected chi connectivity index (χ2v) is 9.47. The van der Waals surface area contributed by atoms with Crippen molar-refractivity contribution in [2.45, 2.75) is 28.9 Å². The molecule has 0 aromatic heterocycles. The molecular formula is C12H14BrCl2NO2S2. The van der Waals surface area contributed by atoms with Crippen LogP contribution in [0.2, 0.25) is 10.0 Å². The maximum absolute atomic E-state index is 12.4. The minimum atomic E-state index is -3.71. The van der Waals surface area contributed by atoms with Crippen LogP contribution in [0.25, 0.3) is 0 Å². The summed E-state index contributed by atoms with van der Waals surface area (Å²) in [5.74, 6) is 0. The van der Waals surface area contributed by atoms with Gasteiger partial charge in [0.25, 0.3) is 0 Å². The molecule has 3 nitrogen and oxygen atoms in total. The molecule has 0 atom stereocenters. The van der Waals surface area contributed by atoms with Crippen LogP contribution in [0, 0.1) is 0 Å². The molecule has 1 aliphatic carbocycles. The fraction of sp³-hybridized carbons (Fsp3) is 0.500. The highest BCUT2D eigenvalue weighted by atomic mass is 79.9. The normalized spacial score (nSPS) is 17.8. The lowest BCUT2D eigenvalue weighted by Gasteiger charge is -2.40. The van der Waals surface area contributed by atoms with Crippen LogP contribution < -0.4 is 4.72 Å². The topological polar surface area (TPSA) is 46.2 Å². The van der Waals surface area contributed by atoms with Crippen LogP contribution >= 0.6 is 50.9 Å². The van der Waals surface area contributed by atoms with E-state index < -0.39 is 10.0 Å². The third-order valence-corrected chi connectivity index (χ3v) is 7.71. The van der Waals surface area contributed by atoms with E-state index in [2.05, 4.69) is 20.7 Å². The highest BCUT2D eigenvalue weighted by Gasteiger charge is 2.37. The van der Waals surface area contributed by atoms with E-state index in [0.29, 0.717) is 11.0 Å². The van der Waals surface area contributed by atoms with Crippen molar-refractivity contribution in [2.24, 2.45) is 0 Å². The second-order valence-electron chi connectivity index (χ2n) is 4.76. The molecule has 0 unspecified atom stereocenters. The smallest absolute Gasteiger partial charge is 0.210 e. The summed E-state index contributed by atoms with van der Waals surface area (Å²) in [6.45, 7) is 0.402. The fourth-order valence-corrected chi connectivity index (χ4v) is 6.17. The average molecular weight is 419 g/mol. The molecule has 1 N–H and O–H groups in total. The van der Waals surface area contributed by atoms with Gasteiger partial charge in [0.15, 0.2) is 0 Å². The van der Waals surface area contributed by atoms with Gasteiger partial charge < -0.3 is 0 Å². The molecule has 1 fully saturated rings. The lowest BCUT2D eigenvalue weighted by atomic mass is 9.84. The summed E-state index contributed by atoms with van der Waals surface area (Å²) in [4.78, 5) is -0.0559. The maximum Gasteiger partial charge on any atom is 0.243 e. The predicted molar refractivity (Wildman–Crippen MR) is 89.4 cm³/mol. The molecule has 0 heterocycles. The van der Waals surface area contributed by atoms with Crippen molar-refractivity contribution in [1.29, 1.82) is 0 Å². The first-order chi connectivity index (χ1) is 9.30. The number of rotatable bonds is 5. The number of thioether (sulfide) groups is 1. The number of benzene rings is 1. The Morgan fingerprint density at radius 1 is 1.35 bits per heavy atom. The molecule has 2 rings (SSSR count). The van der Waals surface area contributed by atoms with Crippen molar-refractivity contribution in [3.63, 3.8) is 0 Å². The Labute approximate surface area is 142 Å². The highest BCUT2D eigenvalue weighted by molar-refractivity contribution is 9.10. The monoisotopic (exact) mass is 417 g/mol. The summed E-state index contributed by atoms with van der Waals surface area (Å²) in [5.41, 5.74) is 0. The van der Waals surface area contributed by atoms with Crippen molar-refractivity contribution >= 4 is 60.9 Å². The summed E-state index contributed by atoms with van der Waals surface area (Å²) in [6, 6.07) is 3.05. The van der Waals surface area contributed by atoms with Crippen LogP contribution in [0.5, 0.6) is 0 Å². The first-order valence-corrected chi connectivity index (χ1v) is 10.2. The van der Waals surface area contributed by atoms with E-state index in [1.165, 1.54) is 12.1 Å². The molecular weight excluding hydrogens is 405 g/mol. The van der Waals surface area contributed by atoms with Crippen LogP contribution in [0.1, 0.15) is 19.3 Å². The zero-order chi connectivity index (χ0) is 15.0. The molecule has 8 heteroatoms. The quantitative estimate of drug-likeness (QED) is 0.774. The first kappa shape index (κ1) is 16.9. The summed E-state index contributed by atoms with van der Waals surface area (Å²) < 4.78 is 28.1. The zero-order valence-electron chi connectivity index (χ0n) is 10.8. The van der Waals surface area contributed by atoms with E-state index >= 15 is 0 Å². The molecule has 1 saturated carbocycles. The summed E-state index contributed by atoms with van der Waals surface area (Å²) >= 11 is 17.0. The van der Waals surface area contributed by atoms with Gasteiger partial charge in [-0.3, -0.25) is 0 Å². The molecule has 1 aromatic carbocycles. The third kappa shape index (κ3) is 3.47. The van der Waals surface area contributed by atoms with Gasteiger partial charge in [-0.05, 0) is 31.2 Å². The highest BCUT2D eigenvalue weighted by Crippen LogP contribution is 2.42. The Morgan fingerprint density at radius 2 is 1.90 bits per heavy atom. The first-order valence-electron chi connectivity index (χ1n) is 5.99. The molecule has 0 saturated heterocycles. The summed E-state index contributed by atoms with van der Waals surface area (Å²) in [7, 11) is -3.71. The van der Waals surface area contributed by atoms with Gasteiger partial charge in [-0.1, -0.05) is 45.6 Å². The van der Waals surface area contributed by atoms with Gasteiger partial charge in [-0.15, -0.1) is 0 Å². The van der Waals surface area contributed by atoms with Gasteiger partial charge in [0.1, 0.15) is 4.90 Å². The van der Waals surface area contributed by atoms with Crippen molar-refractivity contribution in [1.82, 2.24) is 4.72 Å². The zero-order valence-corrected chi connectivity index (χ0v) is 15.5. The summed E-state index contributed by atoms with van der Waals surface area (Å²) in [6.07, 6.45) is 5.20. The third-order valence-electron chi connectivity index (χ3n) is 3.51. The number of hydrogen-bond donors (Lipinski definition) is 1. The second kappa shape index (κ2) is 6.34. The van der Waals surface area contributed by atoms with Crippen molar-refractivity contribution < 1.29 is 8.42 Å². The van der Waals surface area contributed by atoms with Crippen LogP contribution in [0.4, 0.5) is 0 Å². The maximum atomic E-state index is 12.4. The molecule has 0 bridgehead atoms. The number of halogens is 3. The average Bonchev–Trinajstić information content (AvgIpc) is 2.25. The van der Waals surface area contributed by atoms with Gasteiger partial charge >= 0.3 is 0 Å². The largest absolute Gasteiger partial charge is 0.243 e. The van der Waals surface area contributed by atoms with Crippen molar-refractivity contribution in [3.8, 4) is 0 Å². The van der Waals surface area contributed by atoms with Crippen LogP contribution in [0.15, 0.2) is 21.5 Å². The Balaban J connectivity index is 2.23. The number of nitrogens with one attached hydrogen (secondary N) is 1. The van der Waals surface area contributed by atoms with E-state index in [9.17, 15) is 8.42 Å². The minimum absolute atomic E-state index is 0.0153. The van der Waals surface area contributed by atoms with Crippen LogP contribution in [-0.2, 0) is 10.0 Å². The predicted octanol–water partition coefficient (Wildman–Crippen LogP) is 4.32. The van der Waals surface area contributed by atoms with Crippen molar-refractivity contribution in [3.05, 3.63) is 26.7 Å². The van der Waals surface area contributed by atoms with Gasteiger partial charge in [0.2, 0.25) is 10.0 Å². The van der Waals surface area contributed by atoms with E-state index in [1.807, 2.05) is 6.26 Å². The standard InChI is InChI=1S/C12H14BrCl2NO2S2/c1-19-12(3-2-4-12)7-16-20(17,18)11-9(14)5-8(13)6-10(11)15/h5-6,16H,2-4,7H2,1H3. The fourth-order valence-electron chi connectivity index (χ4n) is 2.11. The van der Waals surface area contributed by atoms with Gasteiger partial charge in [-0.25, -0.2) is 13.1 Å². The molecule has 0 spiro atoms. The van der Waals surface area contributed by atoms with Gasteiger partial charge in [0.05, 0.1) is 10.0 Å². The van der Waals surface area contributed by atoms with E-state index in [1.54, 1.807) is 11.8 Å². The van der Waals surface area contributed by atoms with Crippen molar-refractivity contribution in [2.75, 3.05) is 12.8 Å². The molecule has 112 valence electrons. The molecule has 1 aromatic rings. The molecule has 0 radical (unpaired) electrons. The van der Waals surface area contributed by atoms with Gasteiger partial charge in [-0.2, -0.15) is 11.8 Å². The number of sulfonamides is 1. The Bertz CT molecular complexity index is 589.